The van der Waals surface area contributed by atoms with E-state index < -0.39 is 5.79 Å². The van der Waals surface area contributed by atoms with Crippen molar-refractivity contribution in [1.29, 1.82) is 0 Å². The third kappa shape index (κ3) is 2.67. The molecule has 0 radical (unpaired) electrons. The summed E-state index contributed by atoms with van der Waals surface area (Å²) >= 11 is 0. The molecule has 4 heterocycles. The summed E-state index contributed by atoms with van der Waals surface area (Å²) in [7, 11) is 0. The van der Waals surface area contributed by atoms with Crippen LogP contribution in [-0.4, -0.2) is 51.3 Å². The lowest BCUT2D eigenvalue weighted by Crippen LogP contribution is -2.46. The smallest absolute Gasteiger partial charge is 0.172 e. The number of rotatable bonds is 2. The lowest BCUT2D eigenvalue weighted by atomic mass is 10.0. The van der Waals surface area contributed by atoms with Gasteiger partial charge in [0.2, 0.25) is 0 Å². The van der Waals surface area contributed by atoms with Crippen molar-refractivity contribution >= 4 is 5.82 Å². The van der Waals surface area contributed by atoms with Crippen molar-refractivity contribution in [2.45, 2.75) is 45.5 Å². The molecule has 0 bridgehead atoms. The minimum absolute atomic E-state index is 0.186. The van der Waals surface area contributed by atoms with Crippen LogP contribution in [0.15, 0.2) is 18.5 Å². The average molecular weight is 329 g/mol. The van der Waals surface area contributed by atoms with Crippen molar-refractivity contribution in [2.24, 2.45) is 0 Å². The van der Waals surface area contributed by atoms with Gasteiger partial charge in [-0.05, 0) is 26.8 Å². The molecular formula is C17H23N5O2. The molecule has 7 heteroatoms. The van der Waals surface area contributed by atoms with Crippen LogP contribution >= 0.6 is 0 Å². The minimum Gasteiger partial charge on any atom is -0.356 e. The molecule has 1 spiro atoms. The van der Waals surface area contributed by atoms with Gasteiger partial charge in [0.1, 0.15) is 11.6 Å². The van der Waals surface area contributed by atoms with Gasteiger partial charge in [-0.15, -0.1) is 0 Å². The fourth-order valence-electron chi connectivity index (χ4n) is 3.55. The van der Waals surface area contributed by atoms with Crippen molar-refractivity contribution in [3.8, 4) is 5.82 Å². The Bertz CT molecular complexity index is 723. The molecule has 2 aliphatic heterocycles. The van der Waals surface area contributed by atoms with E-state index in [9.17, 15) is 0 Å². The van der Waals surface area contributed by atoms with E-state index in [0.717, 1.165) is 49.0 Å². The maximum Gasteiger partial charge on any atom is 0.172 e. The quantitative estimate of drug-likeness (QED) is 0.840. The van der Waals surface area contributed by atoms with Gasteiger partial charge in [-0.1, -0.05) is 0 Å². The Labute approximate surface area is 141 Å². The summed E-state index contributed by atoms with van der Waals surface area (Å²) in [6.45, 7) is 8.46. The Morgan fingerprint density at radius 1 is 1.17 bits per heavy atom. The summed E-state index contributed by atoms with van der Waals surface area (Å²) in [6.07, 6.45) is 5.57. The van der Waals surface area contributed by atoms with Crippen molar-refractivity contribution in [1.82, 2.24) is 19.7 Å². The fraction of sp³-hybridized carbons (Fsp3) is 0.588. The highest BCUT2D eigenvalue weighted by molar-refractivity contribution is 5.53. The van der Waals surface area contributed by atoms with Crippen LogP contribution in [-0.2, 0) is 9.47 Å². The van der Waals surface area contributed by atoms with Crippen LogP contribution in [0.25, 0.3) is 5.82 Å². The highest BCUT2D eigenvalue weighted by Gasteiger charge is 2.43. The van der Waals surface area contributed by atoms with Gasteiger partial charge in [0.15, 0.2) is 11.6 Å². The molecule has 2 saturated heterocycles. The first kappa shape index (κ1) is 15.5. The Kier molecular flexibility index (Phi) is 3.77. The Hall–Kier alpha value is -1.99. The number of nitrogens with zero attached hydrogens (tertiary/aromatic N) is 5. The molecule has 2 fully saturated rings. The third-order valence-electron chi connectivity index (χ3n) is 4.75. The van der Waals surface area contributed by atoms with Crippen molar-refractivity contribution in [2.75, 3.05) is 24.6 Å². The lowest BCUT2D eigenvalue weighted by Gasteiger charge is -2.39. The molecule has 2 aromatic heterocycles. The van der Waals surface area contributed by atoms with Crippen LogP contribution < -0.4 is 4.90 Å². The predicted octanol–water partition coefficient (Wildman–Crippen LogP) is 2.01. The van der Waals surface area contributed by atoms with Gasteiger partial charge < -0.3 is 14.4 Å². The van der Waals surface area contributed by atoms with Gasteiger partial charge >= 0.3 is 0 Å². The number of anilines is 1. The Morgan fingerprint density at radius 3 is 2.54 bits per heavy atom. The molecule has 24 heavy (non-hydrogen) atoms. The highest BCUT2D eigenvalue weighted by Crippen LogP contribution is 2.36. The van der Waals surface area contributed by atoms with E-state index in [1.165, 1.54) is 0 Å². The Balaban J connectivity index is 1.59. The molecule has 2 aromatic rings. The maximum absolute atomic E-state index is 6.01. The Morgan fingerprint density at radius 2 is 1.92 bits per heavy atom. The zero-order valence-electron chi connectivity index (χ0n) is 14.4. The molecule has 0 N–H and O–H groups in total. The van der Waals surface area contributed by atoms with Gasteiger partial charge in [-0.2, -0.15) is 5.10 Å². The minimum atomic E-state index is -0.392. The first-order chi connectivity index (χ1) is 11.6. The van der Waals surface area contributed by atoms with E-state index >= 15 is 0 Å². The maximum atomic E-state index is 6.01. The second kappa shape index (κ2) is 5.82. The molecule has 7 nitrogen and oxygen atoms in total. The summed E-state index contributed by atoms with van der Waals surface area (Å²) in [5, 5.41) is 4.31. The van der Waals surface area contributed by atoms with E-state index in [2.05, 4.69) is 33.8 Å². The van der Waals surface area contributed by atoms with Gasteiger partial charge in [0.25, 0.3) is 0 Å². The second-order valence-corrected chi connectivity index (χ2v) is 6.63. The van der Waals surface area contributed by atoms with Gasteiger partial charge in [-0.3, -0.25) is 0 Å². The SMILES string of the molecule is Cc1nc(N2CCC3(CC2)OC[C@@H](C)O3)c(C)c(-n2cccn2)n1. The molecule has 0 unspecified atom stereocenters. The largest absolute Gasteiger partial charge is 0.356 e. The van der Waals surface area contributed by atoms with Gasteiger partial charge in [0, 0.05) is 43.9 Å². The van der Waals surface area contributed by atoms with E-state index in [1.807, 2.05) is 19.2 Å². The molecule has 128 valence electrons. The van der Waals surface area contributed by atoms with Gasteiger partial charge in [-0.25, -0.2) is 14.6 Å². The number of hydrogen-bond donors (Lipinski definition) is 0. The molecule has 0 amide bonds. The lowest BCUT2D eigenvalue weighted by molar-refractivity contribution is -0.178. The number of aromatic nitrogens is 4. The van der Waals surface area contributed by atoms with E-state index in [-0.39, 0.29) is 6.10 Å². The molecule has 0 aromatic carbocycles. The fourth-order valence-corrected chi connectivity index (χ4v) is 3.55. The van der Waals surface area contributed by atoms with E-state index in [4.69, 9.17) is 9.47 Å². The zero-order chi connectivity index (χ0) is 16.7. The summed E-state index contributed by atoms with van der Waals surface area (Å²) in [5.74, 6) is 2.18. The van der Waals surface area contributed by atoms with E-state index in [1.54, 1.807) is 10.9 Å². The number of piperidine rings is 1. The number of hydrogen-bond acceptors (Lipinski definition) is 6. The average Bonchev–Trinajstić information content (AvgIpc) is 3.21. The van der Waals surface area contributed by atoms with E-state index in [0.29, 0.717) is 6.61 Å². The molecule has 2 aliphatic rings. The van der Waals surface area contributed by atoms with Crippen molar-refractivity contribution in [3.63, 3.8) is 0 Å². The normalized spacial score (nSPS) is 23.1. The summed E-state index contributed by atoms with van der Waals surface area (Å²) in [5.41, 5.74) is 1.04. The second-order valence-electron chi connectivity index (χ2n) is 6.63. The topological polar surface area (TPSA) is 65.3 Å². The van der Waals surface area contributed by atoms with Crippen LogP contribution in [0.2, 0.25) is 0 Å². The summed E-state index contributed by atoms with van der Waals surface area (Å²) in [6, 6.07) is 1.90. The molecule has 0 aliphatic carbocycles. The zero-order valence-corrected chi connectivity index (χ0v) is 14.4. The number of aryl methyl sites for hydroxylation is 1. The summed E-state index contributed by atoms with van der Waals surface area (Å²) < 4.78 is 13.7. The first-order valence-corrected chi connectivity index (χ1v) is 8.48. The predicted molar refractivity (Wildman–Crippen MR) is 89.3 cm³/mol. The number of ether oxygens (including phenoxy) is 2. The van der Waals surface area contributed by atoms with Crippen LogP contribution in [0.4, 0.5) is 5.82 Å². The van der Waals surface area contributed by atoms with Crippen LogP contribution in [0.1, 0.15) is 31.2 Å². The highest BCUT2D eigenvalue weighted by atomic mass is 16.7. The summed E-state index contributed by atoms with van der Waals surface area (Å²) in [4.78, 5) is 11.6. The van der Waals surface area contributed by atoms with Crippen LogP contribution in [0, 0.1) is 13.8 Å². The molecule has 1 atom stereocenters. The molecule has 0 saturated carbocycles. The van der Waals surface area contributed by atoms with Crippen LogP contribution in [0.5, 0.6) is 0 Å². The first-order valence-electron chi connectivity index (χ1n) is 8.48. The monoisotopic (exact) mass is 329 g/mol. The van der Waals surface area contributed by atoms with Gasteiger partial charge in [0.05, 0.1) is 12.7 Å². The third-order valence-corrected chi connectivity index (χ3v) is 4.75. The van der Waals surface area contributed by atoms with Crippen LogP contribution in [0.3, 0.4) is 0 Å². The standard InChI is InChI=1S/C17H23N5O2/c1-12-11-23-17(24-12)5-9-21(10-6-17)15-13(2)16(20-14(3)19-15)22-8-4-7-18-22/h4,7-8,12H,5-6,9-11H2,1-3H3/t12-/m1/s1. The van der Waals surface area contributed by atoms with Crippen molar-refractivity contribution in [3.05, 3.63) is 29.8 Å². The molecular weight excluding hydrogens is 306 g/mol. The molecule has 4 rings (SSSR count). The van der Waals surface area contributed by atoms with Crippen molar-refractivity contribution < 1.29 is 9.47 Å².